The van der Waals surface area contributed by atoms with Crippen molar-refractivity contribution in [2.24, 2.45) is 0 Å². The Morgan fingerprint density at radius 3 is 2.71 bits per heavy atom. The van der Waals surface area contributed by atoms with Crippen molar-refractivity contribution in [1.29, 1.82) is 0 Å². The molecule has 2 aromatic carbocycles. The number of halogens is 2. The second-order valence-corrected chi connectivity index (χ2v) is 6.47. The number of hydrogen-bond donors (Lipinski definition) is 1. The Morgan fingerprint density at radius 2 is 1.96 bits per heavy atom. The molecule has 0 bridgehead atoms. The highest BCUT2D eigenvalue weighted by atomic mass is 35.5. The molecule has 0 heterocycles. The van der Waals surface area contributed by atoms with E-state index in [0.717, 1.165) is 5.56 Å². The molecule has 0 radical (unpaired) electrons. The highest BCUT2D eigenvalue weighted by molar-refractivity contribution is 7.99. The first-order valence-electron chi connectivity index (χ1n) is 7.56. The molecule has 0 unspecified atom stereocenters. The first-order valence-corrected chi connectivity index (χ1v) is 9.09. The lowest BCUT2D eigenvalue weighted by Gasteiger charge is -2.08. The zero-order valence-electron chi connectivity index (χ0n) is 13.1. The van der Waals surface area contributed by atoms with Gasteiger partial charge in [-0.05, 0) is 17.7 Å². The van der Waals surface area contributed by atoms with Crippen LogP contribution >= 0.6 is 23.4 Å². The van der Waals surface area contributed by atoms with Gasteiger partial charge in [0.25, 0.3) is 0 Å². The number of amides is 1. The van der Waals surface area contributed by atoms with Crippen molar-refractivity contribution in [2.75, 3.05) is 18.9 Å². The zero-order valence-corrected chi connectivity index (χ0v) is 14.7. The summed E-state index contributed by atoms with van der Waals surface area (Å²) in [6, 6.07) is 14.4. The number of carbonyl (C=O) groups is 1. The van der Waals surface area contributed by atoms with Gasteiger partial charge < -0.3 is 10.1 Å². The van der Waals surface area contributed by atoms with Crippen LogP contribution in [0.2, 0.25) is 5.02 Å². The van der Waals surface area contributed by atoms with E-state index in [-0.39, 0.29) is 17.5 Å². The number of benzene rings is 2. The SMILES string of the molecule is O=C(CSCc1c(F)cccc1Cl)NCCOCc1ccccc1. The average molecular weight is 368 g/mol. The maximum atomic E-state index is 13.6. The predicted octanol–water partition coefficient (Wildman–Crippen LogP) is 4.05. The molecule has 0 aliphatic carbocycles. The van der Waals surface area contributed by atoms with Gasteiger partial charge in [-0.3, -0.25) is 4.79 Å². The van der Waals surface area contributed by atoms with E-state index in [4.69, 9.17) is 16.3 Å². The lowest BCUT2D eigenvalue weighted by Crippen LogP contribution is -2.28. The van der Waals surface area contributed by atoms with Gasteiger partial charge in [0.1, 0.15) is 5.82 Å². The van der Waals surface area contributed by atoms with Gasteiger partial charge in [-0.2, -0.15) is 0 Å². The summed E-state index contributed by atoms with van der Waals surface area (Å²) in [5, 5.41) is 3.16. The van der Waals surface area contributed by atoms with Crippen LogP contribution in [0, 0.1) is 5.82 Å². The first kappa shape index (κ1) is 18.8. The molecule has 0 aliphatic heterocycles. The van der Waals surface area contributed by atoms with Crippen LogP contribution in [0.4, 0.5) is 4.39 Å². The maximum Gasteiger partial charge on any atom is 0.230 e. The summed E-state index contributed by atoms with van der Waals surface area (Å²) in [4.78, 5) is 11.7. The van der Waals surface area contributed by atoms with Crippen molar-refractivity contribution < 1.29 is 13.9 Å². The lowest BCUT2D eigenvalue weighted by molar-refractivity contribution is -0.118. The van der Waals surface area contributed by atoms with E-state index < -0.39 is 0 Å². The molecule has 0 fully saturated rings. The minimum atomic E-state index is -0.343. The number of rotatable bonds is 9. The van der Waals surface area contributed by atoms with Crippen molar-refractivity contribution in [3.05, 3.63) is 70.5 Å². The summed E-state index contributed by atoms with van der Waals surface area (Å²) in [6.07, 6.45) is 0. The molecule has 0 atom stereocenters. The normalized spacial score (nSPS) is 10.6. The Balaban J connectivity index is 1.57. The van der Waals surface area contributed by atoms with E-state index in [1.54, 1.807) is 12.1 Å². The molecule has 1 amide bonds. The quantitative estimate of drug-likeness (QED) is 0.679. The van der Waals surface area contributed by atoms with Crippen LogP contribution in [-0.2, 0) is 21.9 Å². The molecular weight excluding hydrogens is 349 g/mol. The molecule has 0 saturated carbocycles. The molecule has 0 aliphatic rings. The van der Waals surface area contributed by atoms with Crippen molar-refractivity contribution in [1.82, 2.24) is 5.32 Å². The molecule has 3 nitrogen and oxygen atoms in total. The number of thioether (sulfide) groups is 1. The van der Waals surface area contributed by atoms with Gasteiger partial charge in [-0.25, -0.2) is 4.39 Å². The minimum absolute atomic E-state index is 0.101. The Hall–Kier alpha value is -1.56. The summed E-state index contributed by atoms with van der Waals surface area (Å²) in [5.74, 6) is 0.174. The van der Waals surface area contributed by atoms with Crippen molar-refractivity contribution in [3.8, 4) is 0 Å². The van der Waals surface area contributed by atoms with Gasteiger partial charge >= 0.3 is 0 Å². The average Bonchev–Trinajstić information content (AvgIpc) is 2.58. The summed E-state index contributed by atoms with van der Waals surface area (Å²) in [5.41, 5.74) is 1.53. The second-order valence-electron chi connectivity index (χ2n) is 5.08. The summed E-state index contributed by atoms with van der Waals surface area (Å²) in [7, 11) is 0. The van der Waals surface area contributed by atoms with Crippen molar-refractivity contribution in [2.45, 2.75) is 12.4 Å². The number of carbonyl (C=O) groups excluding carboxylic acids is 1. The fraction of sp³-hybridized carbons (Fsp3) is 0.278. The number of nitrogens with one attached hydrogen (secondary N) is 1. The van der Waals surface area contributed by atoms with Crippen LogP contribution < -0.4 is 5.32 Å². The molecule has 0 spiro atoms. The van der Waals surface area contributed by atoms with Crippen LogP contribution in [0.1, 0.15) is 11.1 Å². The van der Waals surface area contributed by atoms with Gasteiger partial charge in [0, 0.05) is 22.9 Å². The van der Waals surface area contributed by atoms with E-state index >= 15 is 0 Å². The predicted molar refractivity (Wildman–Crippen MR) is 96.7 cm³/mol. The Labute approximate surface area is 150 Å². The Morgan fingerprint density at radius 1 is 1.17 bits per heavy atom. The highest BCUT2D eigenvalue weighted by Gasteiger charge is 2.08. The molecule has 0 aromatic heterocycles. The summed E-state index contributed by atoms with van der Waals surface area (Å²) in [6.45, 7) is 1.42. The van der Waals surface area contributed by atoms with E-state index in [0.29, 0.717) is 36.1 Å². The van der Waals surface area contributed by atoms with Gasteiger partial charge in [0.2, 0.25) is 5.91 Å². The fourth-order valence-corrected chi connectivity index (χ4v) is 3.19. The van der Waals surface area contributed by atoms with Crippen LogP contribution in [0.15, 0.2) is 48.5 Å². The fourth-order valence-electron chi connectivity index (χ4n) is 1.99. The van der Waals surface area contributed by atoms with Crippen LogP contribution in [0.25, 0.3) is 0 Å². The molecule has 2 aromatic rings. The van der Waals surface area contributed by atoms with Gasteiger partial charge in [0.15, 0.2) is 0 Å². The molecule has 128 valence electrons. The van der Waals surface area contributed by atoms with E-state index in [9.17, 15) is 9.18 Å². The lowest BCUT2D eigenvalue weighted by atomic mass is 10.2. The van der Waals surface area contributed by atoms with Gasteiger partial charge in [-0.15, -0.1) is 11.8 Å². The Bertz CT molecular complexity index is 634. The molecule has 6 heteroatoms. The summed E-state index contributed by atoms with van der Waals surface area (Å²) >= 11 is 7.27. The van der Waals surface area contributed by atoms with Crippen LogP contribution in [0.5, 0.6) is 0 Å². The van der Waals surface area contributed by atoms with Gasteiger partial charge in [0.05, 0.1) is 19.0 Å². The van der Waals surface area contributed by atoms with Gasteiger partial charge in [-0.1, -0.05) is 48.0 Å². The molecular formula is C18H19ClFNO2S. The first-order chi connectivity index (χ1) is 11.7. The number of hydrogen-bond acceptors (Lipinski definition) is 3. The molecule has 1 N–H and O–H groups in total. The second kappa shape index (κ2) is 10.3. The minimum Gasteiger partial charge on any atom is -0.375 e. The zero-order chi connectivity index (χ0) is 17.2. The third-order valence-corrected chi connectivity index (χ3v) is 4.53. The molecule has 24 heavy (non-hydrogen) atoms. The van der Waals surface area contributed by atoms with E-state index in [1.165, 1.54) is 17.8 Å². The molecule has 0 saturated heterocycles. The standard InChI is InChI=1S/C18H19ClFNO2S/c19-16-7-4-8-17(20)15(16)12-24-13-18(22)21-9-10-23-11-14-5-2-1-3-6-14/h1-8H,9-13H2,(H,21,22). The highest BCUT2D eigenvalue weighted by Crippen LogP contribution is 2.23. The summed E-state index contributed by atoms with van der Waals surface area (Å²) < 4.78 is 19.1. The van der Waals surface area contributed by atoms with Crippen molar-refractivity contribution in [3.63, 3.8) is 0 Å². The largest absolute Gasteiger partial charge is 0.375 e. The smallest absolute Gasteiger partial charge is 0.230 e. The van der Waals surface area contributed by atoms with Crippen LogP contribution in [-0.4, -0.2) is 24.8 Å². The third kappa shape index (κ3) is 6.51. The van der Waals surface area contributed by atoms with Crippen molar-refractivity contribution >= 4 is 29.3 Å². The van der Waals surface area contributed by atoms with E-state index in [2.05, 4.69) is 5.32 Å². The van der Waals surface area contributed by atoms with Crippen LogP contribution in [0.3, 0.4) is 0 Å². The topological polar surface area (TPSA) is 38.3 Å². The number of ether oxygens (including phenoxy) is 1. The third-order valence-electron chi connectivity index (χ3n) is 3.22. The molecule has 2 rings (SSSR count). The Kier molecular flexibility index (Phi) is 8.08. The van der Waals surface area contributed by atoms with E-state index in [1.807, 2.05) is 30.3 Å². The monoisotopic (exact) mass is 367 g/mol. The maximum absolute atomic E-state index is 13.6.